The largest absolute Gasteiger partial charge is 0.344 e. The van der Waals surface area contributed by atoms with Gasteiger partial charge < -0.3 is 15.3 Å². The standard InChI is InChI=1S/C19H20O3/c20-19(21,22)10-4-3-5-14-8-9-17-12-15-6-1-2-7-16(15)13-18(17)11-14/h1-2,6-9,11-13,20-22H,3-5,10H2. The Morgan fingerprint density at radius 1 is 0.682 bits per heavy atom. The van der Waals surface area contributed by atoms with E-state index in [2.05, 4.69) is 42.5 Å². The maximum atomic E-state index is 8.87. The van der Waals surface area contributed by atoms with Crippen LogP contribution in [0.5, 0.6) is 0 Å². The van der Waals surface area contributed by atoms with Crippen LogP contribution < -0.4 is 0 Å². The fourth-order valence-electron chi connectivity index (χ4n) is 2.84. The van der Waals surface area contributed by atoms with E-state index < -0.39 is 5.97 Å². The molecule has 3 rings (SSSR count). The van der Waals surface area contributed by atoms with E-state index in [0.29, 0.717) is 6.42 Å². The molecule has 3 aromatic rings. The number of unbranched alkanes of at least 4 members (excludes halogenated alkanes) is 1. The van der Waals surface area contributed by atoms with E-state index in [0.717, 1.165) is 12.8 Å². The molecule has 0 spiro atoms. The third-order valence-corrected chi connectivity index (χ3v) is 4.00. The Balaban J connectivity index is 1.76. The fourth-order valence-corrected chi connectivity index (χ4v) is 2.84. The summed E-state index contributed by atoms with van der Waals surface area (Å²) in [7, 11) is 0. The Morgan fingerprint density at radius 2 is 1.32 bits per heavy atom. The first-order chi connectivity index (χ1) is 10.5. The van der Waals surface area contributed by atoms with E-state index in [9.17, 15) is 0 Å². The minimum absolute atomic E-state index is 0.0226. The third kappa shape index (κ3) is 3.63. The fraction of sp³-hybridized carbons (Fsp3) is 0.263. The Morgan fingerprint density at radius 3 is 2.00 bits per heavy atom. The predicted molar refractivity (Wildman–Crippen MR) is 88.4 cm³/mol. The zero-order valence-electron chi connectivity index (χ0n) is 12.4. The smallest absolute Gasteiger partial charge is 0.275 e. The summed E-state index contributed by atoms with van der Waals surface area (Å²) in [6.45, 7) is 0. The molecule has 0 aliphatic rings. The minimum atomic E-state index is -2.54. The van der Waals surface area contributed by atoms with Gasteiger partial charge in [-0.15, -0.1) is 0 Å². The molecule has 0 aromatic heterocycles. The highest BCUT2D eigenvalue weighted by Crippen LogP contribution is 2.24. The lowest BCUT2D eigenvalue weighted by molar-refractivity contribution is -0.314. The molecule has 114 valence electrons. The van der Waals surface area contributed by atoms with Gasteiger partial charge in [0.1, 0.15) is 0 Å². The van der Waals surface area contributed by atoms with Crippen molar-refractivity contribution in [2.24, 2.45) is 0 Å². The monoisotopic (exact) mass is 296 g/mol. The van der Waals surface area contributed by atoms with Crippen molar-refractivity contribution in [2.75, 3.05) is 0 Å². The van der Waals surface area contributed by atoms with Gasteiger partial charge in [-0.05, 0) is 58.5 Å². The van der Waals surface area contributed by atoms with Gasteiger partial charge in [0.2, 0.25) is 0 Å². The van der Waals surface area contributed by atoms with Gasteiger partial charge in [-0.25, -0.2) is 0 Å². The number of hydrogen-bond donors (Lipinski definition) is 3. The Kier molecular flexibility index (Phi) is 4.12. The summed E-state index contributed by atoms with van der Waals surface area (Å²) in [5, 5.41) is 31.5. The van der Waals surface area contributed by atoms with Crippen LogP contribution in [0.2, 0.25) is 0 Å². The van der Waals surface area contributed by atoms with Gasteiger partial charge in [0.05, 0.1) is 0 Å². The number of fused-ring (bicyclic) bond motifs is 2. The molecule has 0 fully saturated rings. The van der Waals surface area contributed by atoms with Crippen molar-refractivity contribution in [3.8, 4) is 0 Å². The Labute approximate surface area is 129 Å². The van der Waals surface area contributed by atoms with Gasteiger partial charge in [-0.2, -0.15) is 0 Å². The van der Waals surface area contributed by atoms with Crippen LogP contribution >= 0.6 is 0 Å². The molecule has 0 saturated heterocycles. The molecule has 0 bridgehead atoms. The average molecular weight is 296 g/mol. The molecule has 0 heterocycles. The van der Waals surface area contributed by atoms with Crippen LogP contribution in [0.3, 0.4) is 0 Å². The van der Waals surface area contributed by atoms with E-state index in [1.54, 1.807) is 0 Å². The summed E-state index contributed by atoms with van der Waals surface area (Å²) in [5.41, 5.74) is 1.22. The van der Waals surface area contributed by atoms with Crippen molar-refractivity contribution in [1.82, 2.24) is 0 Å². The maximum Gasteiger partial charge on any atom is 0.275 e. The highest BCUT2D eigenvalue weighted by atomic mass is 16.7. The van der Waals surface area contributed by atoms with E-state index in [1.165, 1.54) is 27.1 Å². The van der Waals surface area contributed by atoms with Crippen molar-refractivity contribution in [1.29, 1.82) is 0 Å². The molecule has 0 amide bonds. The molecule has 3 heteroatoms. The number of hydrogen-bond acceptors (Lipinski definition) is 3. The summed E-state index contributed by atoms with van der Waals surface area (Å²) in [4.78, 5) is 0. The summed E-state index contributed by atoms with van der Waals surface area (Å²) >= 11 is 0. The average Bonchev–Trinajstić information content (AvgIpc) is 2.48. The first kappa shape index (κ1) is 15.0. The molecule has 0 unspecified atom stereocenters. The molecule has 22 heavy (non-hydrogen) atoms. The van der Waals surface area contributed by atoms with Crippen molar-refractivity contribution in [3.05, 3.63) is 60.2 Å². The van der Waals surface area contributed by atoms with Crippen LogP contribution in [-0.2, 0) is 6.42 Å². The quantitative estimate of drug-likeness (QED) is 0.384. The molecule has 0 atom stereocenters. The Hall–Kier alpha value is -1.94. The van der Waals surface area contributed by atoms with Gasteiger partial charge in [0, 0.05) is 6.42 Å². The lowest BCUT2D eigenvalue weighted by Crippen LogP contribution is -2.26. The third-order valence-electron chi connectivity index (χ3n) is 4.00. The van der Waals surface area contributed by atoms with Gasteiger partial charge >= 0.3 is 0 Å². The van der Waals surface area contributed by atoms with Crippen LogP contribution in [0.15, 0.2) is 54.6 Å². The van der Waals surface area contributed by atoms with Gasteiger partial charge in [-0.3, -0.25) is 0 Å². The molecule has 3 aromatic carbocycles. The number of rotatable bonds is 5. The predicted octanol–water partition coefficient (Wildman–Crippen LogP) is 3.34. The van der Waals surface area contributed by atoms with Crippen LogP contribution in [0.25, 0.3) is 21.5 Å². The summed E-state index contributed by atoms with van der Waals surface area (Å²) in [6.07, 6.45) is 2.21. The molecular weight excluding hydrogens is 276 g/mol. The highest BCUT2D eigenvalue weighted by molar-refractivity contribution is 5.98. The molecule has 0 aliphatic carbocycles. The maximum absolute atomic E-state index is 8.87. The van der Waals surface area contributed by atoms with E-state index >= 15 is 0 Å². The van der Waals surface area contributed by atoms with E-state index in [1.807, 2.05) is 12.1 Å². The van der Waals surface area contributed by atoms with E-state index in [-0.39, 0.29) is 6.42 Å². The van der Waals surface area contributed by atoms with Crippen LogP contribution in [0.1, 0.15) is 24.8 Å². The molecule has 0 radical (unpaired) electrons. The van der Waals surface area contributed by atoms with Crippen LogP contribution in [0, 0.1) is 0 Å². The minimum Gasteiger partial charge on any atom is -0.344 e. The van der Waals surface area contributed by atoms with Crippen LogP contribution in [-0.4, -0.2) is 21.3 Å². The van der Waals surface area contributed by atoms with Gasteiger partial charge in [-0.1, -0.05) is 42.5 Å². The molecule has 0 aliphatic heterocycles. The van der Waals surface area contributed by atoms with Gasteiger partial charge in [0.15, 0.2) is 0 Å². The van der Waals surface area contributed by atoms with Crippen LogP contribution in [0.4, 0.5) is 0 Å². The molecule has 3 nitrogen and oxygen atoms in total. The van der Waals surface area contributed by atoms with Crippen molar-refractivity contribution >= 4 is 21.5 Å². The summed E-state index contributed by atoms with van der Waals surface area (Å²) < 4.78 is 0. The normalized spacial score (nSPS) is 12.1. The molecular formula is C19H20O3. The molecule has 0 saturated carbocycles. The molecule has 3 N–H and O–H groups in total. The second-order valence-electron chi connectivity index (χ2n) is 5.86. The SMILES string of the molecule is OC(O)(O)CCCCc1ccc2cc3ccccc3cc2c1. The number of aliphatic hydroxyl groups is 3. The van der Waals surface area contributed by atoms with Crippen molar-refractivity contribution in [2.45, 2.75) is 31.7 Å². The van der Waals surface area contributed by atoms with E-state index in [4.69, 9.17) is 15.3 Å². The zero-order valence-corrected chi connectivity index (χ0v) is 12.4. The second-order valence-corrected chi connectivity index (χ2v) is 5.86. The van der Waals surface area contributed by atoms with Crippen molar-refractivity contribution in [3.63, 3.8) is 0 Å². The lowest BCUT2D eigenvalue weighted by Gasteiger charge is -2.13. The van der Waals surface area contributed by atoms with Crippen molar-refractivity contribution < 1.29 is 15.3 Å². The topological polar surface area (TPSA) is 60.7 Å². The highest BCUT2D eigenvalue weighted by Gasteiger charge is 2.16. The first-order valence-electron chi connectivity index (χ1n) is 7.60. The lowest BCUT2D eigenvalue weighted by atomic mass is 9.99. The summed E-state index contributed by atoms with van der Waals surface area (Å²) in [5.74, 6) is -2.54. The Bertz CT molecular complexity index is 787. The second kappa shape index (κ2) is 6.05. The number of aryl methyl sites for hydroxylation is 1. The summed E-state index contributed by atoms with van der Waals surface area (Å²) in [6, 6.07) is 19.2. The zero-order chi connectivity index (χ0) is 15.6. The van der Waals surface area contributed by atoms with Gasteiger partial charge in [0.25, 0.3) is 5.97 Å². The number of benzene rings is 3. The first-order valence-corrected chi connectivity index (χ1v) is 7.60.